The molecule has 3 atom stereocenters. The molecule has 0 unspecified atom stereocenters. The van der Waals surface area contributed by atoms with E-state index in [1.165, 1.54) is 12.1 Å². The number of hydrogen-bond acceptors (Lipinski definition) is 3. The SMILES string of the molecule is Cl.FC(F)(F)c1ccc(OCC2CC2)c([C@@H]2CO[C@]3(CCCN[C@H]3c3ccccc3)C2)c1. The second-order valence-corrected chi connectivity index (χ2v) is 9.18. The molecular weight excluding hydrogens is 439 g/mol. The molecule has 2 saturated heterocycles. The van der Waals surface area contributed by atoms with Gasteiger partial charge in [-0.3, -0.25) is 0 Å². The quantitative estimate of drug-likeness (QED) is 0.561. The Hall–Kier alpha value is -1.76. The lowest BCUT2D eigenvalue weighted by Crippen LogP contribution is -2.48. The topological polar surface area (TPSA) is 30.5 Å². The van der Waals surface area contributed by atoms with Gasteiger partial charge in [-0.25, -0.2) is 0 Å². The molecule has 1 N–H and O–H groups in total. The average Bonchev–Trinajstić information content (AvgIpc) is 3.52. The largest absolute Gasteiger partial charge is 0.493 e. The van der Waals surface area contributed by atoms with Crippen LogP contribution in [0.3, 0.4) is 0 Å². The molecule has 32 heavy (non-hydrogen) atoms. The first kappa shape index (κ1) is 23.4. The molecule has 0 aromatic heterocycles. The van der Waals surface area contributed by atoms with Crippen LogP contribution in [0.5, 0.6) is 5.75 Å². The first-order valence-electron chi connectivity index (χ1n) is 11.2. The lowest BCUT2D eigenvalue weighted by atomic mass is 9.76. The molecule has 2 heterocycles. The Morgan fingerprint density at radius 1 is 1.09 bits per heavy atom. The highest BCUT2D eigenvalue weighted by Crippen LogP contribution is 2.50. The molecule has 1 spiro atoms. The van der Waals surface area contributed by atoms with Crippen molar-refractivity contribution < 1.29 is 22.6 Å². The highest BCUT2D eigenvalue weighted by molar-refractivity contribution is 5.85. The lowest BCUT2D eigenvalue weighted by Gasteiger charge is -2.41. The summed E-state index contributed by atoms with van der Waals surface area (Å²) >= 11 is 0. The molecule has 3 aliphatic rings. The fourth-order valence-corrected chi connectivity index (χ4v) is 5.08. The zero-order chi connectivity index (χ0) is 21.5. The van der Waals surface area contributed by atoms with E-state index < -0.39 is 17.3 Å². The van der Waals surface area contributed by atoms with Crippen LogP contribution in [0.1, 0.15) is 60.8 Å². The van der Waals surface area contributed by atoms with Crippen LogP contribution >= 0.6 is 12.4 Å². The number of hydrogen-bond donors (Lipinski definition) is 1. The molecule has 2 aromatic carbocycles. The van der Waals surface area contributed by atoms with E-state index in [4.69, 9.17) is 9.47 Å². The molecule has 2 aromatic rings. The van der Waals surface area contributed by atoms with Crippen LogP contribution in [0.4, 0.5) is 13.2 Å². The molecule has 5 rings (SSSR count). The van der Waals surface area contributed by atoms with Crippen molar-refractivity contribution in [3.05, 3.63) is 65.2 Å². The van der Waals surface area contributed by atoms with Gasteiger partial charge in [-0.05, 0) is 68.3 Å². The van der Waals surface area contributed by atoms with Crippen LogP contribution in [0.2, 0.25) is 0 Å². The third-order valence-electron chi connectivity index (χ3n) is 6.90. The smallest absolute Gasteiger partial charge is 0.416 e. The fraction of sp³-hybridized carbons (Fsp3) is 0.520. The summed E-state index contributed by atoms with van der Waals surface area (Å²) in [6.07, 6.45) is 0.462. The molecule has 0 amide bonds. The van der Waals surface area contributed by atoms with Gasteiger partial charge in [-0.15, -0.1) is 12.4 Å². The number of nitrogens with one attached hydrogen (secondary N) is 1. The summed E-state index contributed by atoms with van der Waals surface area (Å²) in [4.78, 5) is 0. The number of ether oxygens (including phenoxy) is 2. The highest BCUT2D eigenvalue weighted by atomic mass is 35.5. The van der Waals surface area contributed by atoms with Crippen molar-refractivity contribution in [3.8, 4) is 5.75 Å². The first-order chi connectivity index (χ1) is 14.9. The van der Waals surface area contributed by atoms with Crippen LogP contribution in [0.15, 0.2) is 48.5 Å². The minimum Gasteiger partial charge on any atom is -0.493 e. The number of halogens is 4. The van der Waals surface area contributed by atoms with E-state index in [2.05, 4.69) is 17.4 Å². The highest BCUT2D eigenvalue weighted by Gasteiger charge is 2.49. The molecule has 3 fully saturated rings. The maximum Gasteiger partial charge on any atom is 0.416 e. The molecule has 7 heteroatoms. The zero-order valence-electron chi connectivity index (χ0n) is 17.9. The van der Waals surface area contributed by atoms with Gasteiger partial charge in [0.15, 0.2) is 0 Å². The Labute approximate surface area is 193 Å². The monoisotopic (exact) mass is 467 g/mol. The average molecular weight is 468 g/mol. The standard InChI is InChI=1S/C25H28F3NO2.ClH/c26-25(27,28)20-9-10-22(30-15-17-7-8-17)21(13-20)19-14-24(31-16-19)11-4-12-29-23(24)18-5-2-1-3-6-18;/h1-3,5-6,9-10,13,17,19,23,29H,4,7-8,11-12,14-16H2;1H/t19-,23-,24+;/m0./s1. The summed E-state index contributed by atoms with van der Waals surface area (Å²) in [6, 6.07) is 14.2. The Morgan fingerprint density at radius 3 is 2.59 bits per heavy atom. The van der Waals surface area contributed by atoms with Crippen molar-refractivity contribution in [3.63, 3.8) is 0 Å². The van der Waals surface area contributed by atoms with Crippen LogP contribution in [0, 0.1) is 5.92 Å². The normalized spacial score (nSPS) is 27.8. The molecule has 1 aliphatic carbocycles. The van der Waals surface area contributed by atoms with E-state index in [-0.39, 0.29) is 24.4 Å². The van der Waals surface area contributed by atoms with E-state index in [1.807, 2.05) is 18.2 Å². The van der Waals surface area contributed by atoms with Crippen molar-refractivity contribution in [2.45, 2.75) is 55.8 Å². The Morgan fingerprint density at radius 2 is 1.88 bits per heavy atom. The van der Waals surface area contributed by atoms with Crippen molar-refractivity contribution in [2.24, 2.45) is 5.92 Å². The van der Waals surface area contributed by atoms with Crippen LogP contribution in [-0.4, -0.2) is 25.4 Å². The Kier molecular flexibility index (Phi) is 6.76. The number of piperidine rings is 1. The summed E-state index contributed by atoms with van der Waals surface area (Å²) in [6.45, 7) is 1.89. The van der Waals surface area contributed by atoms with Gasteiger partial charge in [-0.2, -0.15) is 13.2 Å². The van der Waals surface area contributed by atoms with Crippen molar-refractivity contribution in [1.82, 2.24) is 5.32 Å². The second kappa shape index (κ2) is 9.24. The van der Waals surface area contributed by atoms with Gasteiger partial charge in [0, 0.05) is 11.5 Å². The van der Waals surface area contributed by atoms with Gasteiger partial charge >= 0.3 is 6.18 Å². The summed E-state index contributed by atoms with van der Waals surface area (Å²) < 4.78 is 52.8. The van der Waals surface area contributed by atoms with Gasteiger partial charge < -0.3 is 14.8 Å². The van der Waals surface area contributed by atoms with Crippen LogP contribution in [0.25, 0.3) is 0 Å². The summed E-state index contributed by atoms with van der Waals surface area (Å²) in [5.41, 5.74) is 0.761. The van der Waals surface area contributed by atoms with Crippen LogP contribution < -0.4 is 10.1 Å². The van der Waals surface area contributed by atoms with Crippen LogP contribution in [-0.2, 0) is 10.9 Å². The van der Waals surface area contributed by atoms with Gasteiger partial charge in [0.1, 0.15) is 5.75 Å². The maximum atomic E-state index is 13.5. The van der Waals surface area contributed by atoms with Crippen molar-refractivity contribution >= 4 is 12.4 Å². The minimum absolute atomic E-state index is 0. The first-order valence-corrected chi connectivity index (χ1v) is 11.2. The minimum atomic E-state index is -4.38. The summed E-state index contributed by atoms with van der Waals surface area (Å²) in [5, 5.41) is 3.60. The Bertz CT molecular complexity index is 919. The van der Waals surface area contributed by atoms with E-state index in [9.17, 15) is 13.2 Å². The number of rotatable bonds is 5. The van der Waals surface area contributed by atoms with E-state index >= 15 is 0 Å². The van der Waals surface area contributed by atoms with E-state index in [1.54, 1.807) is 0 Å². The van der Waals surface area contributed by atoms with Gasteiger partial charge in [0.2, 0.25) is 0 Å². The lowest BCUT2D eigenvalue weighted by molar-refractivity contribution is -0.137. The van der Waals surface area contributed by atoms with Crippen molar-refractivity contribution in [2.75, 3.05) is 19.8 Å². The zero-order valence-corrected chi connectivity index (χ0v) is 18.7. The summed E-state index contributed by atoms with van der Waals surface area (Å²) in [7, 11) is 0. The molecule has 0 radical (unpaired) electrons. The third-order valence-corrected chi connectivity index (χ3v) is 6.90. The molecule has 3 nitrogen and oxygen atoms in total. The summed E-state index contributed by atoms with van der Waals surface area (Å²) in [5.74, 6) is 0.986. The Balaban J connectivity index is 0.00000245. The molecule has 2 aliphatic heterocycles. The molecule has 0 bridgehead atoms. The predicted octanol–water partition coefficient (Wildman–Crippen LogP) is 6.28. The predicted molar refractivity (Wildman–Crippen MR) is 119 cm³/mol. The third kappa shape index (κ3) is 4.78. The number of benzene rings is 2. The number of alkyl halides is 3. The second-order valence-electron chi connectivity index (χ2n) is 9.18. The van der Waals surface area contributed by atoms with Crippen molar-refractivity contribution in [1.29, 1.82) is 0 Å². The molecule has 1 saturated carbocycles. The van der Waals surface area contributed by atoms with Gasteiger partial charge in [0.25, 0.3) is 0 Å². The van der Waals surface area contributed by atoms with E-state index in [0.29, 0.717) is 36.9 Å². The van der Waals surface area contributed by atoms with Gasteiger partial charge in [-0.1, -0.05) is 30.3 Å². The van der Waals surface area contributed by atoms with E-state index in [0.717, 1.165) is 43.9 Å². The fourth-order valence-electron chi connectivity index (χ4n) is 5.08. The maximum absolute atomic E-state index is 13.5. The molecular formula is C25H29ClF3NO2. The molecule has 174 valence electrons. The van der Waals surface area contributed by atoms with Gasteiger partial charge in [0.05, 0.1) is 30.4 Å².